The van der Waals surface area contributed by atoms with Gasteiger partial charge in [-0.1, -0.05) is 39.0 Å². The van der Waals surface area contributed by atoms with Crippen molar-refractivity contribution in [3.63, 3.8) is 0 Å². The lowest BCUT2D eigenvalue weighted by Gasteiger charge is -2.16. The van der Waals surface area contributed by atoms with Crippen molar-refractivity contribution >= 4 is 11.3 Å². The molecular formula is C15H27N3S. The van der Waals surface area contributed by atoms with Gasteiger partial charge in [0.15, 0.2) is 0 Å². The number of hydrogen-bond donors (Lipinski definition) is 1. The Morgan fingerprint density at radius 3 is 2.58 bits per heavy atom. The summed E-state index contributed by atoms with van der Waals surface area (Å²) >= 11 is 1.86. The molecule has 1 saturated carbocycles. The largest absolute Gasteiger partial charge is 0.317 e. The van der Waals surface area contributed by atoms with Gasteiger partial charge < -0.3 is 5.32 Å². The molecule has 1 aliphatic rings. The molecule has 0 atom stereocenters. The Morgan fingerprint density at radius 1 is 1.11 bits per heavy atom. The Kier molecular flexibility index (Phi) is 6.79. The quantitative estimate of drug-likeness (QED) is 0.803. The molecular weight excluding hydrogens is 254 g/mol. The maximum atomic E-state index is 4.46. The Labute approximate surface area is 121 Å². The molecule has 0 unspecified atom stereocenters. The van der Waals surface area contributed by atoms with Gasteiger partial charge in [0.2, 0.25) is 0 Å². The molecule has 1 fully saturated rings. The molecule has 1 aromatic rings. The maximum absolute atomic E-state index is 4.46. The first-order chi connectivity index (χ1) is 9.40. The lowest BCUT2D eigenvalue weighted by Crippen LogP contribution is -2.14. The fourth-order valence-electron chi connectivity index (χ4n) is 2.78. The van der Waals surface area contributed by atoms with E-state index in [4.69, 9.17) is 0 Å². The standard InChI is InChI=1S/C15H27N3S/c1-2-16-12-8-11-14-17-18-15(19-14)13-9-6-4-3-5-7-10-13/h13,16H,2-12H2,1H3. The Morgan fingerprint density at radius 2 is 1.84 bits per heavy atom. The highest BCUT2D eigenvalue weighted by Crippen LogP contribution is 2.32. The van der Waals surface area contributed by atoms with Crippen LogP contribution in [0.3, 0.4) is 0 Å². The van der Waals surface area contributed by atoms with Crippen molar-refractivity contribution in [1.29, 1.82) is 0 Å². The minimum atomic E-state index is 0.695. The minimum Gasteiger partial charge on any atom is -0.317 e. The van der Waals surface area contributed by atoms with E-state index in [2.05, 4.69) is 22.4 Å². The SMILES string of the molecule is CCNCCCc1nnc(C2CCCCCCC2)s1. The summed E-state index contributed by atoms with van der Waals surface area (Å²) in [5, 5.41) is 14.7. The second-order valence-corrected chi connectivity index (χ2v) is 6.63. The Hall–Kier alpha value is -0.480. The summed E-state index contributed by atoms with van der Waals surface area (Å²) in [5.74, 6) is 0.695. The molecule has 0 amide bonds. The third-order valence-corrected chi connectivity index (χ3v) is 5.08. The molecule has 2 rings (SSSR count). The number of nitrogens with zero attached hydrogens (tertiary/aromatic N) is 2. The average molecular weight is 281 g/mol. The van der Waals surface area contributed by atoms with Crippen LogP contribution in [0, 0.1) is 0 Å². The molecule has 1 aromatic heterocycles. The Balaban J connectivity index is 1.81. The van der Waals surface area contributed by atoms with Crippen LogP contribution in [0.4, 0.5) is 0 Å². The monoisotopic (exact) mass is 281 g/mol. The predicted octanol–water partition coefficient (Wildman–Crippen LogP) is 3.91. The fourth-order valence-corrected chi connectivity index (χ4v) is 3.83. The first kappa shape index (κ1) is 14.9. The number of aromatic nitrogens is 2. The van der Waals surface area contributed by atoms with Gasteiger partial charge in [0.1, 0.15) is 10.0 Å². The summed E-state index contributed by atoms with van der Waals surface area (Å²) < 4.78 is 0. The molecule has 0 saturated heterocycles. The van der Waals surface area contributed by atoms with E-state index in [0.717, 1.165) is 19.5 Å². The average Bonchev–Trinajstić information content (AvgIpc) is 2.83. The molecule has 0 radical (unpaired) electrons. The summed E-state index contributed by atoms with van der Waals surface area (Å²) in [5.41, 5.74) is 0. The molecule has 19 heavy (non-hydrogen) atoms. The van der Waals surface area contributed by atoms with Crippen LogP contribution in [0.25, 0.3) is 0 Å². The van der Waals surface area contributed by atoms with Gasteiger partial charge in [-0.3, -0.25) is 0 Å². The van der Waals surface area contributed by atoms with Crippen LogP contribution in [-0.4, -0.2) is 23.3 Å². The van der Waals surface area contributed by atoms with Crippen LogP contribution in [-0.2, 0) is 6.42 Å². The predicted molar refractivity (Wildman–Crippen MR) is 81.8 cm³/mol. The lowest BCUT2D eigenvalue weighted by atomic mass is 9.92. The van der Waals surface area contributed by atoms with E-state index in [1.165, 1.54) is 61.4 Å². The fraction of sp³-hybridized carbons (Fsp3) is 0.867. The Bertz CT molecular complexity index is 343. The highest BCUT2D eigenvalue weighted by molar-refractivity contribution is 7.11. The third-order valence-electron chi connectivity index (χ3n) is 3.93. The second-order valence-electron chi connectivity index (χ2n) is 5.53. The zero-order valence-corrected chi connectivity index (χ0v) is 13.0. The number of nitrogens with one attached hydrogen (secondary N) is 1. The van der Waals surface area contributed by atoms with E-state index in [1.54, 1.807) is 0 Å². The minimum absolute atomic E-state index is 0.695. The van der Waals surface area contributed by atoms with E-state index >= 15 is 0 Å². The van der Waals surface area contributed by atoms with Crippen molar-refractivity contribution in [3.05, 3.63) is 10.0 Å². The number of rotatable bonds is 6. The normalized spacial score (nSPS) is 18.2. The van der Waals surface area contributed by atoms with Gasteiger partial charge in [0.05, 0.1) is 0 Å². The molecule has 1 N–H and O–H groups in total. The first-order valence-corrected chi connectivity index (χ1v) is 8.74. The molecule has 108 valence electrons. The summed E-state index contributed by atoms with van der Waals surface area (Å²) in [6.45, 7) is 4.30. The summed E-state index contributed by atoms with van der Waals surface area (Å²) in [6, 6.07) is 0. The smallest absolute Gasteiger partial charge is 0.120 e. The zero-order chi connectivity index (χ0) is 13.3. The highest BCUT2D eigenvalue weighted by atomic mass is 32.1. The summed E-state index contributed by atoms with van der Waals surface area (Å²) in [7, 11) is 0. The number of aryl methyl sites for hydroxylation is 1. The van der Waals surface area contributed by atoms with Crippen LogP contribution in [0.15, 0.2) is 0 Å². The zero-order valence-electron chi connectivity index (χ0n) is 12.2. The van der Waals surface area contributed by atoms with E-state index in [0.29, 0.717) is 5.92 Å². The maximum Gasteiger partial charge on any atom is 0.120 e. The highest BCUT2D eigenvalue weighted by Gasteiger charge is 2.17. The van der Waals surface area contributed by atoms with Crippen LogP contribution < -0.4 is 5.32 Å². The van der Waals surface area contributed by atoms with Crippen LogP contribution in [0.5, 0.6) is 0 Å². The molecule has 0 aliphatic heterocycles. The van der Waals surface area contributed by atoms with Crippen molar-refractivity contribution in [2.45, 2.75) is 70.6 Å². The lowest BCUT2D eigenvalue weighted by molar-refractivity contribution is 0.453. The molecule has 1 aliphatic carbocycles. The van der Waals surface area contributed by atoms with Crippen molar-refractivity contribution in [2.75, 3.05) is 13.1 Å². The first-order valence-electron chi connectivity index (χ1n) is 7.93. The second kappa shape index (κ2) is 8.64. The van der Waals surface area contributed by atoms with Crippen molar-refractivity contribution in [2.24, 2.45) is 0 Å². The van der Waals surface area contributed by atoms with Gasteiger partial charge in [-0.2, -0.15) is 0 Å². The summed E-state index contributed by atoms with van der Waals surface area (Å²) in [4.78, 5) is 0. The van der Waals surface area contributed by atoms with Crippen molar-refractivity contribution in [1.82, 2.24) is 15.5 Å². The van der Waals surface area contributed by atoms with Gasteiger partial charge in [-0.15, -0.1) is 21.5 Å². The number of hydrogen-bond acceptors (Lipinski definition) is 4. The van der Waals surface area contributed by atoms with Gasteiger partial charge in [-0.25, -0.2) is 0 Å². The van der Waals surface area contributed by atoms with Crippen molar-refractivity contribution < 1.29 is 0 Å². The van der Waals surface area contributed by atoms with E-state index in [-0.39, 0.29) is 0 Å². The third kappa shape index (κ3) is 5.19. The van der Waals surface area contributed by atoms with Gasteiger partial charge >= 0.3 is 0 Å². The molecule has 4 heteroatoms. The van der Waals surface area contributed by atoms with Gasteiger partial charge in [0, 0.05) is 12.3 Å². The van der Waals surface area contributed by atoms with Crippen LogP contribution in [0.1, 0.15) is 74.2 Å². The van der Waals surface area contributed by atoms with Crippen molar-refractivity contribution in [3.8, 4) is 0 Å². The van der Waals surface area contributed by atoms with Crippen LogP contribution in [0.2, 0.25) is 0 Å². The molecule has 0 spiro atoms. The van der Waals surface area contributed by atoms with E-state index in [1.807, 2.05) is 11.3 Å². The summed E-state index contributed by atoms with van der Waals surface area (Å²) in [6.07, 6.45) is 11.9. The topological polar surface area (TPSA) is 37.8 Å². The van der Waals surface area contributed by atoms with E-state index in [9.17, 15) is 0 Å². The molecule has 0 aromatic carbocycles. The van der Waals surface area contributed by atoms with E-state index < -0.39 is 0 Å². The molecule has 3 nitrogen and oxygen atoms in total. The van der Waals surface area contributed by atoms with Gasteiger partial charge in [-0.05, 0) is 32.4 Å². The van der Waals surface area contributed by atoms with Crippen LogP contribution >= 0.6 is 11.3 Å². The molecule has 0 bridgehead atoms. The van der Waals surface area contributed by atoms with Gasteiger partial charge in [0.25, 0.3) is 0 Å². The molecule has 1 heterocycles.